The fraction of sp³-hybridized carbons (Fsp3) is 0.167. The van der Waals surface area contributed by atoms with Crippen molar-refractivity contribution in [3.63, 3.8) is 0 Å². The highest BCUT2D eigenvalue weighted by Gasteiger charge is 2.19. The van der Waals surface area contributed by atoms with Crippen molar-refractivity contribution in [2.75, 3.05) is 24.4 Å². The van der Waals surface area contributed by atoms with Crippen LogP contribution in [0.4, 0.5) is 11.4 Å². The molecule has 2 N–H and O–H groups in total. The standard InChI is InChI=1S/C24H23N5O3/c1-15-22-19(13-20(16-8-5-4-6-9-16)27-23(22)29(2)28-15)24(31)26-18-11-7-10-17(12-18)25-21(30)14-32-3/h4-13H,14H2,1-3H3,(H,25,30)(H,26,31). The van der Waals surface area contributed by atoms with Crippen LogP contribution in [-0.2, 0) is 16.6 Å². The molecular formula is C24H23N5O3. The van der Waals surface area contributed by atoms with Gasteiger partial charge in [-0.05, 0) is 31.2 Å². The Balaban J connectivity index is 1.70. The number of methoxy groups -OCH3 is 1. The van der Waals surface area contributed by atoms with E-state index in [9.17, 15) is 9.59 Å². The summed E-state index contributed by atoms with van der Waals surface area (Å²) in [4.78, 5) is 29.9. The van der Waals surface area contributed by atoms with E-state index in [1.165, 1.54) is 7.11 Å². The van der Waals surface area contributed by atoms with Crippen molar-refractivity contribution in [3.8, 4) is 11.3 Å². The van der Waals surface area contributed by atoms with Crippen LogP contribution in [0.15, 0.2) is 60.7 Å². The molecule has 8 nitrogen and oxygen atoms in total. The van der Waals surface area contributed by atoms with Crippen LogP contribution in [-0.4, -0.2) is 40.3 Å². The van der Waals surface area contributed by atoms with Gasteiger partial charge in [-0.2, -0.15) is 5.10 Å². The molecule has 0 saturated carbocycles. The number of amides is 2. The summed E-state index contributed by atoms with van der Waals surface area (Å²) in [5.41, 5.74) is 4.55. The number of fused-ring (bicyclic) bond motifs is 1. The number of benzene rings is 2. The molecule has 0 aliphatic carbocycles. The molecule has 0 spiro atoms. The van der Waals surface area contributed by atoms with Crippen LogP contribution >= 0.6 is 0 Å². The summed E-state index contributed by atoms with van der Waals surface area (Å²) in [6, 6.07) is 18.4. The van der Waals surface area contributed by atoms with Gasteiger partial charge >= 0.3 is 0 Å². The Kier molecular flexibility index (Phi) is 5.96. The average Bonchev–Trinajstić information content (AvgIpc) is 3.07. The molecule has 0 unspecified atom stereocenters. The molecule has 2 amide bonds. The third-order valence-electron chi connectivity index (χ3n) is 4.96. The minimum absolute atomic E-state index is 0.0475. The molecule has 8 heteroatoms. The number of ether oxygens (including phenoxy) is 1. The van der Waals surface area contributed by atoms with E-state index < -0.39 is 0 Å². The molecule has 0 aliphatic heterocycles. The lowest BCUT2D eigenvalue weighted by molar-refractivity contribution is -0.119. The van der Waals surface area contributed by atoms with E-state index in [-0.39, 0.29) is 18.4 Å². The molecule has 0 atom stereocenters. The molecule has 0 radical (unpaired) electrons. The number of hydrogen-bond donors (Lipinski definition) is 2. The number of carbonyl (C=O) groups is 2. The quantitative estimate of drug-likeness (QED) is 0.486. The minimum atomic E-state index is -0.286. The van der Waals surface area contributed by atoms with Crippen molar-refractivity contribution in [1.82, 2.24) is 14.8 Å². The second kappa shape index (κ2) is 8.99. The van der Waals surface area contributed by atoms with E-state index >= 15 is 0 Å². The number of aromatic nitrogens is 3. The largest absolute Gasteiger partial charge is 0.375 e. The van der Waals surface area contributed by atoms with E-state index in [0.717, 1.165) is 11.3 Å². The predicted octanol–water partition coefficient (Wildman–Crippen LogP) is 3.78. The Labute approximate surface area is 185 Å². The second-order valence-corrected chi connectivity index (χ2v) is 7.34. The Bertz CT molecular complexity index is 1300. The van der Waals surface area contributed by atoms with Gasteiger partial charge in [0.05, 0.1) is 22.3 Å². The SMILES string of the molecule is COCC(=O)Nc1cccc(NC(=O)c2cc(-c3ccccc3)nc3c2c(C)nn3C)c1. The first kappa shape index (κ1) is 21.2. The van der Waals surface area contributed by atoms with Gasteiger partial charge in [-0.1, -0.05) is 36.4 Å². The van der Waals surface area contributed by atoms with Gasteiger partial charge in [0.2, 0.25) is 5.91 Å². The number of anilines is 2. The molecule has 4 rings (SSSR count). The zero-order chi connectivity index (χ0) is 22.7. The van der Waals surface area contributed by atoms with Gasteiger partial charge in [0.25, 0.3) is 5.91 Å². The Hall–Kier alpha value is -4.04. The first-order valence-electron chi connectivity index (χ1n) is 10.1. The third kappa shape index (κ3) is 4.35. The molecule has 0 saturated heterocycles. The third-order valence-corrected chi connectivity index (χ3v) is 4.96. The molecular weight excluding hydrogens is 406 g/mol. The number of nitrogens with one attached hydrogen (secondary N) is 2. The van der Waals surface area contributed by atoms with Gasteiger partial charge in [0, 0.05) is 31.1 Å². The number of aryl methyl sites for hydroxylation is 2. The number of carbonyl (C=O) groups excluding carboxylic acids is 2. The van der Waals surface area contributed by atoms with Crippen molar-refractivity contribution < 1.29 is 14.3 Å². The van der Waals surface area contributed by atoms with E-state index in [4.69, 9.17) is 9.72 Å². The average molecular weight is 429 g/mol. The van der Waals surface area contributed by atoms with Crippen LogP contribution in [0.1, 0.15) is 16.1 Å². The van der Waals surface area contributed by atoms with Gasteiger partial charge in [0.1, 0.15) is 6.61 Å². The summed E-state index contributed by atoms with van der Waals surface area (Å²) in [5, 5.41) is 10.8. The Morgan fingerprint density at radius 2 is 1.72 bits per heavy atom. The van der Waals surface area contributed by atoms with Crippen LogP contribution in [0.2, 0.25) is 0 Å². The molecule has 4 aromatic rings. The molecule has 162 valence electrons. The summed E-state index contributed by atoms with van der Waals surface area (Å²) in [5.74, 6) is -0.559. The molecule has 0 bridgehead atoms. The van der Waals surface area contributed by atoms with Gasteiger partial charge in [0.15, 0.2) is 5.65 Å². The van der Waals surface area contributed by atoms with Crippen molar-refractivity contribution >= 4 is 34.2 Å². The molecule has 0 fully saturated rings. The zero-order valence-corrected chi connectivity index (χ0v) is 18.0. The normalized spacial score (nSPS) is 10.8. The molecule has 2 heterocycles. The maximum Gasteiger partial charge on any atom is 0.256 e. The number of rotatable bonds is 6. The maximum absolute atomic E-state index is 13.3. The number of nitrogens with zero attached hydrogens (tertiary/aromatic N) is 3. The van der Waals surface area contributed by atoms with E-state index in [0.29, 0.717) is 33.7 Å². The highest BCUT2D eigenvalue weighted by Crippen LogP contribution is 2.27. The Morgan fingerprint density at radius 3 is 2.44 bits per heavy atom. The first-order chi connectivity index (χ1) is 15.5. The van der Waals surface area contributed by atoms with Crippen LogP contribution in [0.25, 0.3) is 22.3 Å². The van der Waals surface area contributed by atoms with Crippen LogP contribution in [0.5, 0.6) is 0 Å². The highest BCUT2D eigenvalue weighted by atomic mass is 16.5. The van der Waals surface area contributed by atoms with Gasteiger partial charge in [-0.3, -0.25) is 14.3 Å². The minimum Gasteiger partial charge on any atom is -0.375 e. The lowest BCUT2D eigenvalue weighted by Gasteiger charge is -2.11. The van der Waals surface area contributed by atoms with Crippen molar-refractivity contribution in [3.05, 3.63) is 71.9 Å². The molecule has 2 aromatic heterocycles. The Morgan fingerprint density at radius 1 is 1.00 bits per heavy atom. The zero-order valence-electron chi connectivity index (χ0n) is 18.0. The van der Waals surface area contributed by atoms with Gasteiger partial charge < -0.3 is 15.4 Å². The number of hydrogen-bond acceptors (Lipinski definition) is 5. The van der Waals surface area contributed by atoms with Crippen molar-refractivity contribution in [1.29, 1.82) is 0 Å². The van der Waals surface area contributed by atoms with Crippen LogP contribution in [0, 0.1) is 6.92 Å². The predicted molar refractivity (Wildman–Crippen MR) is 124 cm³/mol. The van der Waals surface area contributed by atoms with Crippen LogP contribution in [0.3, 0.4) is 0 Å². The second-order valence-electron chi connectivity index (χ2n) is 7.34. The van der Waals surface area contributed by atoms with Gasteiger partial charge in [-0.25, -0.2) is 4.98 Å². The van der Waals surface area contributed by atoms with Gasteiger partial charge in [-0.15, -0.1) is 0 Å². The van der Waals surface area contributed by atoms with Crippen LogP contribution < -0.4 is 10.6 Å². The smallest absolute Gasteiger partial charge is 0.256 e. The first-order valence-corrected chi connectivity index (χ1v) is 10.1. The summed E-state index contributed by atoms with van der Waals surface area (Å²) < 4.78 is 6.51. The van der Waals surface area contributed by atoms with E-state index in [1.807, 2.05) is 44.3 Å². The fourth-order valence-electron chi connectivity index (χ4n) is 3.58. The molecule has 0 aliphatic rings. The topological polar surface area (TPSA) is 98.1 Å². The summed E-state index contributed by atoms with van der Waals surface area (Å²) in [6.07, 6.45) is 0. The van der Waals surface area contributed by atoms with Crippen molar-refractivity contribution in [2.45, 2.75) is 6.92 Å². The summed E-state index contributed by atoms with van der Waals surface area (Å²) >= 11 is 0. The van der Waals surface area contributed by atoms with Crippen molar-refractivity contribution in [2.24, 2.45) is 7.05 Å². The van der Waals surface area contributed by atoms with E-state index in [2.05, 4.69) is 15.7 Å². The molecule has 32 heavy (non-hydrogen) atoms. The highest BCUT2D eigenvalue weighted by molar-refractivity contribution is 6.13. The maximum atomic E-state index is 13.3. The van der Waals surface area contributed by atoms with E-state index in [1.54, 1.807) is 35.0 Å². The molecule has 2 aromatic carbocycles. The lowest BCUT2D eigenvalue weighted by atomic mass is 10.0. The summed E-state index contributed by atoms with van der Waals surface area (Å²) in [6.45, 7) is 1.81. The number of pyridine rings is 1. The fourth-order valence-corrected chi connectivity index (χ4v) is 3.58. The monoisotopic (exact) mass is 429 g/mol. The summed E-state index contributed by atoms with van der Waals surface area (Å²) in [7, 11) is 3.26. The lowest BCUT2D eigenvalue weighted by Crippen LogP contribution is -2.17.